The number of benzene rings is 1. The molecule has 1 aromatic rings. The minimum atomic E-state index is -0.503. The first kappa shape index (κ1) is 22.3. The van der Waals surface area contributed by atoms with Crippen LogP contribution in [0.4, 0.5) is 4.79 Å². The number of hydrogen-bond donors (Lipinski definition) is 0. The monoisotopic (exact) mass is 410 g/mol. The van der Waals surface area contributed by atoms with Crippen molar-refractivity contribution in [1.29, 1.82) is 0 Å². The number of hydrogen-bond acceptors (Lipinski definition) is 4. The minimum absolute atomic E-state index is 0.0439. The van der Waals surface area contributed by atoms with E-state index >= 15 is 0 Å². The SMILES string of the molecule is CN(CCCOc1cccc(Cl)c1)C(=O)C1CCN(C(=O)OC(C)(C)C)CC1. The molecule has 0 radical (unpaired) electrons. The maximum Gasteiger partial charge on any atom is 0.410 e. The van der Waals surface area contributed by atoms with Crippen molar-refractivity contribution in [2.24, 2.45) is 5.92 Å². The second-order valence-electron chi connectivity index (χ2n) is 8.16. The second kappa shape index (κ2) is 10.0. The van der Waals surface area contributed by atoms with Gasteiger partial charge in [0.15, 0.2) is 0 Å². The number of ether oxygens (including phenoxy) is 2. The van der Waals surface area contributed by atoms with E-state index in [-0.39, 0.29) is 17.9 Å². The Balaban J connectivity index is 1.68. The first-order valence-electron chi connectivity index (χ1n) is 9.77. The lowest BCUT2D eigenvalue weighted by molar-refractivity contribution is -0.135. The van der Waals surface area contributed by atoms with Crippen molar-refractivity contribution in [1.82, 2.24) is 9.80 Å². The Morgan fingerprint density at radius 1 is 1.25 bits per heavy atom. The molecule has 0 saturated carbocycles. The molecule has 0 N–H and O–H groups in total. The largest absolute Gasteiger partial charge is 0.493 e. The highest BCUT2D eigenvalue weighted by Gasteiger charge is 2.31. The normalized spacial score (nSPS) is 15.2. The summed E-state index contributed by atoms with van der Waals surface area (Å²) in [5.74, 6) is 0.820. The van der Waals surface area contributed by atoms with Crippen LogP contribution in [0.2, 0.25) is 5.02 Å². The highest BCUT2D eigenvalue weighted by molar-refractivity contribution is 6.30. The van der Waals surface area contributed by atoms with Gasteiger partial charge in [-0.1, -0.05) is 17.7 Å². The lowest BCUT2D eigenvalue weighted by Crippen LogP contribution is -2.45. The van der Waals surface area contributed by atoms with Crippen molar-refractivity contribution >= 4 is 23.6 Å². The quantitative estimate of drug-likeness (QED) is 0.659. The fraction of sp³-hybridized carbons (Fsp3) is 0.619. The van der Waals surface area contributed by atoms with E-state index in [2.05, 4.69) is 0 Å². The van der Waals surface area contributed by atoms with Crippen LogP contribution < -0.4 is 4.74 Å². The molecule has 0 aromatic heterocycles. The number of rotatable bonds is 6. The van der Waals surface area contributed by atoms with E-state index in [1.165, 1.54) is 0 Å². The molecule has 0 spiro atoms. The zero-order valence-electron chi connectivity index (χ0n) is 17.2. The van der Waals surface area contributed by atoms with Crippen LogP contribution in [0.3, 0.4) is 0 Å². The summed E-state index contributed by atoms with van der Waals surface area (Å²) in [7, 11) is 1.82. The predicted molar refractivity (Wildman–Crippen MR) is 110 cm³/mol. The maximum absolute atomic E-state index is 12.6. The molecule has 7 heteroatoms. The van der Waals surface area contributed by atoms with Crippen LogP contribution in [0, 0.1) is 5.92 Å². The van der Waals surface area contributed by atoms with Gasteiger partial charge in [0.25, 0.3) is 0 Å². The Morgan fingerprint density at radius 2 is 1.93 bits per heavy atom. The first-order valence-corrected chi connectivity index (χ1v) is 10.1. The number of halogens is 1. The molecular weight excluding hydrogens is 380 g/mol. The summed E-state index contributed by atoms with van der Waals surface area (Å²) in [6, 6.07) is 7.28. The van der Waals surface area contributed by atoms with Crippen LogP contribution in [0.5, 0.6) is 5.75 Å². The van der Waals surface area contributed by atoms with Gasteiger partial charge in [-0.15, -0.1) is 0 Å². The van der Waals surface area contributed by atoms with E-state index in [0.29, 0.717) is 44.1 Å². The Bertz CT molecular complexity index is 667. The molecular formula is C21H31ClN2O4. The van der Waals surface area contributed by atoms with E-state index in [0.717, 1.165) is 12.2 Å². The molecule has 2 rings (SSSR count). The van der Waals surface area contributed by atoms with Gasteiger partial charge in [-0.2, -0.15) is 0 Å². The Kier molecular flexibility index (Phi) is 7.98. The van der Waals surface area contributed by atoms with Crippen LogP contribution in [0.1, 0.15) is 40.0 Å². The summed E-state index contributed by atoms with van der Waals surface area (Å²) < 4.78 is 11.1. The molecule has 6 nitrogen and oxygen atoms in total. The van der Waals surface area contributed by atoms with E-state index in [1.807, 2.05) is 40.0 Å². The molecule has 0 unspecified atom stereocenters. The molecule has 1 aliphatic rings. The summed E-state index contributed by atoms with van der Waals surface area (Å²) in [6.07, 6.45) is 1.78. The molecule has 2 amide bonds. The summed E-state index contributed by atoms with van der Waals surface area (Å²) in [5, 5.41) is 0.641. The van der Waals surface area contributed by atoms with E-state index < -0.39 is 5.60 Å². The van der Waals surface area contributed by atoms with Gasteiger partial charge in [0.05, 0.1) is 6.61 Å². The molecule has 1 aromatic carbocycles. The van der Waals surface area contributed by atoms with Crippen molar-refractivity contribution in [3.05, 3.63) is 29.3 Å². The van der Waals surface area contributed by atoms with Gasteiger partial charge in [0.1, 0.15) is 11.4 Å². The second-order valence-corrected chi connectivity index (χ2v) is 8.60. The average Bonchev–Trinajstić information content (AvgIpc) is 2.63. The fourth-order valence-electron chi connectivity index (χ4n) is 3.11. The van der Waals surface area contributed by atoms with Gasteiger partial charge in [0.2, 0.25) is 5.91 Å². The van der Waals surface area contributed by atoms with Crippen molar-refractivity contribution in [3.63, 3.8) is 0 Å². The number of nitrogens with zero attached hydrogens (tertiary/aromatic N) is 2. The summed E-state index contributed by atoms with van der Waals surface area (Å²) >= 11 is 5.93. The molecule has 0 bridgehead atoms. The lowest BCUT2D eigenvalue weighted by Gasteiger charge is -2.34. The van der Waals surface area contributed by atoms with E-state index in [1.54, 1.807) is 21.9 Å². The zero-order valence-corrected chi connectivity index (χ0v) is 18.0. The van der Waals surface area contributed by atoms with Gasteiger partial charge in [0, 0.05) is 37.6 Å². The Hall–Kier alpha value is -1.95. The van der Waals surface area contributed by atoms with Gasteiger partial charge >= 0.3 is 6.09 Å². The van der Waals surface area contributed by atoms with Crippen molar-refractivity contribution in [2.45, 2.75) is 45.6 Å². The predicted octanol–water partition coefficient (Wildman–Crippen LogP) is 4.21. The van der Waals surface area contributed by atoms with Gasteiger partial charge in [-0.3, -0.25) is 4.79 Å². The molecule has 1 aliphatic heterocycles. The fourth-order valence-corrected chi connectivity index (χ4v) is 3.29. The van der Waals surface area contributed by atoms with E-state index in [4.69, 9.17) is 21.1 Å². The lowest BCUT2D eigenvalue weighted by atomic mass is 9.95. The van der Waals surface area contributed by atoms with Crippen LogP contribution in [0.25, 0.3) is 0 Å². The number of carbonyl (C=O) groups excluding carboxylic acids is 2. The molecule has 0 atom stereocenters. The first-order chi connectivity index (χ1) is 13.2. The van der Waals surface area contributed by atoms with Crippen LogP contribution in [-0.2, 0) is 9.53 Å². The maximum atomic E-state index is 12.6. The third-order valence-corrected chi connectivity index (χ3v) is 4.81. The van der Waals surface area contributed by atoms with Gasteiger partial charge in [-0.25, -0.2) is 4.79 Å². The molecule has 0 aliphatic carbocycles. The molecule has 156 valence electrons. The third-order valence-electron chi connectivity index (χ3n) is 4.57. The minimum Gasteiger partial charge on any atom is -0.493 e. The highest BCUT2D eigenvalue weighted by atomic mass is 35.5. The topological polar surface area (TPSA) is 59.1 Å². The smallest absolute Gasteiger partial charge is 0.410 e. The van der Waals surface area contributed by atoms with Crippen molar-refractivity contribution in [2.75, 3.05) is 33.3 Å². The zero-order chi connectivity index (χ0) is 20.7. The number of likely N-dealkylation sites (tertiary alicyclic amines) is 1. The van der Waals surface area contributed by atoms with Crippen LogP contribution in [-0.4, -0.2) is 60.7 Å². The van der Waals surface area contributed by atoms with Crippen molar-refractivity contribution < 1.29 is 19.1 Å². The summed E-state index contributed by atoms with van der Waals surface area (Å²) in [6.45, 7) is 7.82. The van der Waals surface area contributed by atoms with Gasteiger partial charge in [-0.05, 0) is 58.2 Å². The number of piperidine rings is 1. The molecule has 1 fully saturated rings. The Labute approximate surface area is 172 Å². The summed E-state index contributed by atoms with van der Waals surface area (Å²) in [5.41, 5.74) is -0.503. The molecule has 28 heavy (non-hydrogen) atoms. The molecule has 1 saturated heterocycles. The number of amides is 2. The third kappa shape index (κ3) is 7.23. The Morgan fingerprint density at radius 3 is 2.54 bits per heavy atom. The van der Waals surface area contributed by atoms with E-state index in [9.17, 15) is 9.59 Å². The van der Waals surface area contributed by atoms with Crippen molar-refractivity contribution in [3.8, 4) is 5.75 Å². The van der Waals surface area contributed by atoms with Crippen LogP contribution >= 0.6 is 11.6 Å². The van der Waals surface area contributed by atoms with Crippen LogP contribution in [0.15, 0.2) is 24.3 Å². The highest BCUT2D eigenvalue weighted by Crippen LogP contribution is 2.22. The summed E-state index contributed by atoms with van der Waals surface area (Å²) in [4.78, 5) is 28.2. The van der Waals surface area contributed by atoms with Gasteiger partial charge < -0.3 is 19.3 Å². The number of carbonyl (C=O) groups is 2. The average molecular weight is 411 g/mol. The molecule has 1 heterocycles. The standard InChI is InChI=1S/C21H31ClN2O4/c1-21(2,3)28-20(26)24-12-9-16(10-13-24)19(25)23(4)11-6-14-27-18-8-5-7-17(22)15-18/h5,7-8,15-16H,6,9-14H2,1-4H3.